The van der Waals surface area contributed by atoms with Crippen molar-refractivity contribution in [3.63, 3.8) is 0 Å². The number of benzene rings is 2. The lowest BCUT2D eigenvalue weighted by Gasteiger charge is -2.39. The van der Waals surface area contributed by atoms with Crippen LogP contribution in [0.5, 0.6) is 0 Å². The first-order chi connectivity index (χ1) is 12.5. The number of carbonyl (C=O) groups is 1. The van der Waals surface area contributed by atoms with Crippen LogP contribution < -0.4 is 0 Å². The predicted octanol–water partition coefficient (Wildman–Crippen LogP) is 3.29. The number of amides is 1. The van der Waals surface area contributed by atoms with Crippen LogP contribution in [-0.2, 0) is 11.3 Å². The van der Waals surface area contributed by atoms with E-state index in [4.69, 9.17) is 11.6 Å². The Labute approximate surface area is 161 Å². The van der Waals surface area contributed by atoms with Crippen LogP contribution >= 0.6 is 11.6 Å². The fourth-order valence-electron chi connectivity index (χ4n) is 3.46. The highest BCUT2D eigenvalue weighted by Gasteiger charge is 2.31. The van der Waals surface area contributed by atoms with Crippen LogP contribution in [0.2, 0.25) is 5.02 Å². The van der Waals surface area contributed by atoms with Crippen molar-refractivity contribution in [2.75, 3.05) is 40.3 Å². The van der Waals surface area contributed by atoms with E-state index in [1.165, 1.54) is 5.56 Å². The summed E-state index contributed by atoms with van der Waals surface area (Å²) < 4.78 is 0. The number of carbonyl (C=O) groups excluding carboxylic acids is 1. The van der Waals surface area contributed by atoms with Gasteiger partial charge in [-0.25, -0.2) is 0 Å². The van der Waals surface area contributed by atoms with Gasteiger partial charge in [0.05, 0.1) is 0 Å². The minimum absolute atomic E-state index is 0.138. The van der Waals surface area contributed by atoms with Gasteiger partial charge in [0.1, 0.15) is 6.04 Å². The molecule has 1 amide bonds. The van der Waals surface area contributed by atoms with Crippen molar-refractivity contribution in [2.45, 2.75) is 12.6 Å². The van der Waals surface area contributed by atoms with E-state index in [0.717, 1.165) is 43.3 Å². The fraction of sp³-hybridized carbons (Fsp3) is 0.381. The summed E-state index contributed by atoms with van der Waals surface area (Å²) in [5.74, 6) is 0.138. The molecule has 0 saturated carbocycles. The Hall–Kier alpha value is -1.88. The summed E-state index contributed by atoms with van der Waals surface area (Å²) in [7, 11) is 3.65. The molecular formula is C21H26ClN3O. The monoisotopic (exact) mass is 371 g/mol. The molecule has 0 bridgehead atoms. The molecule has 4 nitrogen and oxygen atoms in total. The number of likely N-dealkylation sites (N-methyl/N-ethyl adjacent to an activating group) is 1. The van der Waals surface area contributed by atoms with Crippen LogP contribution in [0.1, 0.15) is 17.2 Å². The van der Waals surface area contributed by atoms with Gasteiger partial charge in [-0.05, 0) is 23.3 Å². The molecule has 5 heteroatoms. The van der Waals surface area contributed by atoms with Gasteiger partial charge in [-0.3, -0.25) is 14.6 Å². The SMILES string of the molecule is CN(C)C(=O)C(c1ccccc1)N1CCN(Cc2cccc(Cl)c2)CC1. The van der Waals surface area contributed by atoms with E-state index in [2.05, 4.69) is 15.9 Å². The summed E-state index contributed by atoms with van der Waals surface area (Å²) >= 11 is 6.09. The van der Waals surface area contributed by atoms with Crippen molar-refractivity contribution in [1.82, 2.24) is 14.7 Å². The van der Waals surface area contributed by atoms with Crippen molar-refractivity contribution in [3.05, 3.63) is 70.7 Å². The molecule has 26 heavy (non-hydrogen) atoms. The van der Waals surface area contributed by atoms with Crippen molar-refractivity contribution < 1.29 is 4.79 Å². The number of halogens is 1. The first-order valence-corrected chi connectivity index (χ1v) is 9.39. The summed E-state index contributed by atoms with van der Waals surface area (Å²) in [6.45, 7) is 4.53. The Morgan fingerprint density at radius 2 is 1.73 bits per heavy atom. The summed E-state index contributed by atoms with van der Waals surface area (Å²) in [6.07, 6.45) is 0. The molecule has 0 radical (unpaired) electrons. The van der Waals surface area contributed by atoms with Gasteiger partial charge >= 0.3 is 0 Å². The maximum absolute atomic E-state index is 12.8. The average molecular weight is 372 g/mol. The quantitative estimate of drug-likeness (QED) is 0.807. The van der Waals surface area contributed by atoms with Crippen LogP contribution in [0.25, 0.3) is 0 Å². The Bertz CT molecular complexity index is 727. The molecule has 2 aromatic rings. The molecule has 0 spiro atoms. The van der Waals surface area contributed by atoms with E-state index < -0.39 is 0 Å². The number of rotatable bonds is 5. The van der Waals surface area contributed by atoms with Gasteiger partial charge in [-0.2, -0.15) is 0 Å². The molecule has 1 aliphatic rings. The molecule has 1 unspecified atom stereocenters. The number of hydrogen-bond acceptors (Lipinski definition) is 3. The zero-order chi connectivity index (χ0) is 18.5. The Kier molecular flexibility index (Phi) is 6.30. The van der Waals surface area contributed by atoms with Gasteiger partial charge in [0.25, 0.3) is 0 Å². The highest BCUT2D eigenvalue weighted by atomic mass is 35.5. The van der Waals surface area contributed by atoms with E-state index in [9.17, 15) is 4.79 Å². The summed E-state index contributed by atoms with van der Waals surface area (Å²) in [4.78, 5) is 19.2. The van der Waals surface area contributed by atoms with Gasteiger partial charge in [-0.15, -0.1) is 0 Å². The van der Waals surface area contributed by atoms with Gasteiger partial charge in [0.15, 0.2) is 0 Å². The van der Waals surface area contributed by atoms with Crippen LogP contribution in [0.4, 0.5) is 0 Å². The lowest BCUT2D eigenvalue weighted by molar-refractivity contribution is -0.135. The molecule has 138 valence electrons. The Morgan fingerprint density at radius 3 is 2.35 bits per heavy atom. The third kappa shape index (κ3) is 4.64. The summed E-state index contributed by atoms with van der Waals surface area (Å²) in [6, 6.07) is 17.9. The molecule has 3 rings (SSSR count). The second kappa shape index (κ2) is 8.67. The topological polar surface area (TPSA) is 26.8 Å². The van der Waals surface area contributed by atoms with Gasteiger partial charge in [-0.1, -0.05) is 54.1 Å². The van der Waals surface area contributed by atoms with Gasteiger partial charge in [0.2, 0.25) is 5.91 Å². The van der Waals surface area contributed by atoms with Gasteiger partial charge < -0.3 is 4.90 Å². The first-order valence-electron chi connectivity index (χ1n) is 9.01. The van der Waals surface area contributed by atoms with Crippen molar-refractivity contribution in [2.24, 2.45) is 0 Å². The van der Waals surface area contributed by atoms with E-state index in [1.54, 1.807) is 4.90 Å². The Balaban J connectivity index is 1.67. The second-order valence-corrected chi connectivity index (χ2v) is 7.42. The average Bonchev–Trinajstić information content (AvgIpc) is 2.64. The Morgan fingerprint density at radius 1 is 1.04 bits per heavy atom. The van der Waals surface area contributed by atoms with E-state index >= 15 is 0 Å². The van der Waals surface area contributed by atoms with E-state index in [1.807, 2.05) is 62.6 Å². The second-order valence-electron chi connectivity index (χ2n) is 6.99. The minimum Gasteiger partial charge on any atom is -0.347 e. The van der Waals surface area contributed by atoms with Crippen LogP contribution in [0.15, 0.2) is 54.6 Å². The fourth-order valence-corrected chi connectivity index (χ4v) is 3.68. The molecule has 1 fully saturated rings. The van der Waals surface area contributed by atoms with Crippen molar-refractivity contribution >= 4 is 17.5 Å². The molecule has 0 N–H and O–H groups in total. The third-order valence-corrected chi connectivity index (χ3v) is 5.09. The van der Waals surface area contributed by atoms with Crippen LogP contribution in [0.3, 0.4) is 0 Å². The molecule has 1 heterocycles. The molecule has 0 aromatic heterocycles. The highest BCUT2D eigenvalue weighted by Crippen LogP contribution is 2.24. The zero-order valence-corrected chi connectivity index (χ0v) is 16.2. The summed E-state index contributed by atoms with van der Waals surface area (Å²) in [5.41, 5.74) is 2.30. The number of nitrogens with zero attached hydrogens (tertiary/aromatic N) is 3. The molecule has 1 aliphatic heterocycles. The molecular weight excluding hydrogens is 346 g/mol. The highest BCUT2D eigenvalue weighted by molar-refractivity contribution is 6.30. The molecule has 0 aliphatic carbocycles. The van der Waals surface area contributed by atoms with Gasteiger partial charge in [0, 0.05) is 51.8 Å². The lowest BCUT2D eigenvalue weighted by Crippen LogP contribution is -2.50. The van der Waals surface area contributed by atoms with E-state index in [0.29, 0.717) is 0 Å². The maximum atomic E-state index is 12.8. The normalized spacial score (nSPS) is 17.0. The smallest absolute Gasteiger partial charge is 0.244 e. The molecule has 2 aromatic carbocycles. The van der Waals surface area contributed by atoms with Crippen molar-refractivity contribution in [1.29, 1.82) is 0 Å². The number of piperazine rings is 1. The minimum atomic E-state index is -0.209. The molecule has 1 atom stereocenters. The van der Waals surface area contributed by atoms with Crippen molar-refractivity contribution in [3.8, 4) is 0 Å². The third-order valence-electron chi connectivity index (χ3n) is 4.86. The predicted molar refractivity (Wildman–Crippen MR) is 106 cm³/mol. The zero-order valence-electron chi connectivity index (χ0n) is 15.4. The largest absolute Gasteiger partial charge is 0.347 e. The maximum Gasteiger partial charge on any atom is 0.244 e. The first kappa shape index (κ1) is 18.9. The number of hydrogen-bond donors (Lipinski definition) is 0. The molecule has 1 saturated heterocycles. The van der Waals surface area contributed by atoms with Crippen LogP contribution in [0, 0.1) is 0 Å². The summed E-state index contributed by atoms with van der Waals surface area (Å²) in [5, 5.41) is 0.779. The van der Waals surface area contributed by atoms with Crippen LogP contribution in [-0.4, -0.2) is 60.9 Å². The lowest BCUT2D eigenvalue weighted by atomic mass is 10.0. The standard InChI is InChI=1S/C21H26ClN3O/c1-23(2)21(26)20(18-8-4-3-5-9-18)25-13-11-24(12-14-25)16-17-7-6-10-19(22)15-17/h3-10,15,20H,11-14,16H2,1-2H3. The van der Waals surface area contributed by atoms with E-state index in [-0.39, 0.29) is 11.9 Å².